The van der Waals surface area contributed by atoms with E-state index in [1.54, 1.807) is 0 Å². The number of nitrogens with zero attached hydrogens (tertiary/aromatic N) is 5. The number of aryl methyl sites for hydroxylation is 1. The van der Waals surface area contributed by atoms with Crippen LogP contribution in [-0.2, 0) is 13.0 Å². The standard InChI is InChI=1S/C13H19N5/c14-7-10-17-8-4-5-11(17)13-16-15-12-6-2-1-3-9-18(12)13/h11H,1-6,8-10H2/t11-/m0/s1. The zero-order chi connectivity index (χ0) is 12.4. The van der Waals surface area contributed by atoms with Crippen LogP contribution < -0.4 is 0 Å². The molecule has 2 aliphatic rings. The third kappa shape index (κ3) is 2.01. The lowest BCUT2D eigenvalue weighted by Crippen LogP contribution is -2.26. The highest BCUT2D eigenvalue weighted by molar-refractivity contribution is 5.06. The number of hydrogen-bond donors (Lipinski definition) is 0. The molecule has 0 amide bonds. The molecular weight excluding hydrogens is 226 g/mol. The normalized spacial score (nSPS) is 24.5. The van der Waals surface area contributed by atoms with Gasteiger partial charge in [0, 0.05) is 13.0 Å². The predicted molar refractivity (Wildman–Crippen MR) is 66.7 cm³/mol. The number of nitriles is 1. The predicted octanol–water partition coefficient (Wildman–Crippen LogP) is 1.66. The molecule has 0 unspecified atom stereocenters. The van der Waals surface area contributed by atoms with Crippen LogP contribution in [0.4, 0.5) is 0 Å². The van der Waals surface area contributed by atoms with Crippen LogP contribution in [0.1, 0.15) is 49.8 Å². The molecule has 0 radical (unpaired) electrons. The molecule has 1 aromatic rings. The summed E-state index contributed by atoms with van der Waals surface area (Å²) in [7, 11) is 0. The summed E-state index contributed by atoms with van der Waals surface area (Å²) in [4.78, 5) is 2.24. The molecule has 0 aliphatic carbocycles. The van der Waals surface area contributed by atoms with Crippen LogP contribution in [0.25, 0.3) is 0 Å². The monoisotopic (exact) mass is 245 g/mol. The molecule has 0 N–H and O–H groups in total. The van der Waals surface area contributed by atoms with Crippen LogP contribution in [0.3, 0.4) is 0 Å². The molecule has 96 valence electrons. The van der Waals surface area contributed by atoms with Crippen molar-refractivity contribution < 1.29 is 0 Å². The van der Waals surface area contributed by atoms with Gasteiger partial charge in [-0.1, -0.05) is 6.42 Å². The van der Waals surface area contributed by atoms with E-state index in [2.05, 4.69) is 25.7 Å². The summed E-state index contributed by atoms with van der Waals surface area (Å²) in [5.41, 5.74) is 0. The maximum atomic E-state index is 8.89. The quantitative estimate of drug-likeness (QED) is 0.744. The Morgan fingerprint density at radius 3 is 3.00 bits per heavy atom. The van der Waals surface area contributed by atoms with E-state index in [-0.39, 0.29) is 0 Å². The van der Waals surface area contributed by atoms with E-state index in [0.29, 0.717) is 12.6 Å². The molecule has 18 heavy (non-hydrogen) atoms. The van der Waals surface area contributed by atoms with Gasteiger partial charge in [0.05, 0.1) is 18.7 Å². The van der Waals surface area contributed by atoms with Crippen LogP contribution in [-0.4, -0.2) is 32.8 Å². The van der Waals surface area contributed by atoms with Gasteiger partial charge in [0.2, 0.25) is 0 Å². The molecule has 0 spiro atoms. The lowest BCUT2D eigenvalue weighted by atomic mass is 10.2. The maximum Gasteiger partial charge on any atom is 0.150 e. The topological polar surface area (TPSA) is 57.7 Å². The highest BCUT2D eigenvalue weighted by Gasteiger charge is 2.30. The molecule has 0 aromatic carbocycles. The van der Waals surface area contributed by atoms with E-state index in [0.717, 1.165) is 44.0 Å². The molecule has 1 aromatic heterocycles. The molecule has 3 heterocycles. The van der Waals surface area contributed by atoms with Gasteiger partial charge in [0.1, 0.15) is 11.6 Å². The summed E-state index contributed by atoms with van der Waals surface area (Å²) >= 11 is 0. The third-order valence-electron chi connectivity index (χ3n) is 4.07. The first kappa shape index (κ1) is 11.7. The molecule has 0 bridgehead atoms. The minimum atomic E-state index is 0.309. The average molecular weight is 245 g/mol. The molecule has 5 nitrogen and oxygen atoms in total. The van der Waals surface area contributed by atoms with Gasteiger partial charge >= 0.3 is 0 Å². The molecule has 1 fully saturated rings. The summed E-state index contributed by atoms with van der Waals surface area (Å²) in [6.45, 7) is 2.57. The summed E-state index contributed by atoms with van der Waals surface area (Å²) in [6.07, 6.45) is 7.06. The molecule has 1 saturated heterocycles. The Morgan fingerprint density at radius 2 is 2.11 bits per heavy atom. The Labute approximate surface area is 107 Å². The van der Waals surface area contributed by atoms with Crippen molar-refractivity contribution in [1.29, 1.82) is 5.26 Å². The van der Waals surface area contributed by atoms with E-state index in [1.807, 2.05) is 0 Å². The third-order valence-corrected chi connectivity index (χ3v) is 4.07. The number of likely N-dealkylation sites (tertiary alicyclic amines) is 1. The lowest BCUT2D eigenvalue weighted by molar-refractivity contribution is 0.271. The highest BCUT2D eigenvalue weighted by Crippen LogP contribution is 2.31. The van der Waals surface area contributed by atoms with Crippen LogP contribution in [0.2, 0.25) is 0 Å². The fraction of sp³-hybridized carbons (Fsp3) is 0.769. The number of fused-ring (bicyclic) bond motifs is 1. The molecule has 2 aliphatic heterocycles. The minimum absolute atomic E-state index is 0.309. The van der Waals surface area contributed by atoms with E-state index in [1.165, 1.54) is 19.3 Å². The Bertz CT molecular complexity index is 458. The average Bonchev–Trinajstić information content (AvgIpc) is 2.91. The van der Waals surface area contributed by atoms with E-state index < -0.39 is 0 Å². The van der Waals surface area contributed by atoms with Crippen LogP contribution in [0.5, 0.6) is 0 Å². The van der Waals surface area contributed by atoms with Gasteiger partial charge in [-0.2, -0.15) is 5.26 Å². The second kappa shape index (κ2) is 5.07. The SMILES string of the molecule is N#CCN1CCC[C@H]1c1nnc2n1CCCCC2. The van der Waals surface area contributed by atoms with Crippen LogP contribution in [0.15, 0.2) is 0 Å². The minimum Gasteiger partial charge on any atom is -0.314 e. The smallest absolute Gasteiger partial charge is 0.150 e. The van der Waals surface area contributed by atoms with Crippen molar-refractivity contribution in [1.82, 2.24) is 19.7 Å². The number of hydrogen-bond acceptors (Lipinski definition) is 4. The van der Waals surface area contributed by atoms with Crippen LogP contribution >= 0.6 is 0 Å². The van der Waals surface area contributed by atoms with Gasteiger partial charge in [-0.25, -0.2) is 0 Å². The van der Waals surface area contributed by atoms with Gasteiger partial charge in [-0.3, -0.25) is 4.90 Å². The van der Waals surface area contributed by atoms with Crippen molar-refractivity contribution in [3.05, 3.63) is 11.6 Å². The first-order valence-electron chi connectivity index (χ1n) is 6.93. The Balaban J connectivity index is 1.88. The Kier molecular flexibility index (Phi) is 3.28. The summed E-state index contributed by atoms with van der Waals surface area (Å²) in [5.74, 6) is 2.24. The van der Waals surface area contributed by atoms with Crippen molar-refractivity contribution in [2.45, 2.75) is 51.1 Å². The van der Waals surface area contributed by atoms with Gasteiger partial charge in [-0.05, 0) is 32.2 Å². The highest BCUT2D eigenvalue weighted by atomic mass is 15.3. The van der Waals surface area contributed by atoms with Crippen molar-refractivity contribution in [2.24, 2.45) is 0 Å². The van der Waals surface area contributed by atoms with Crippen molar-refractivity contribution >= 4 is 0 Å². The largest absolute Gasteiger partial charge is 0.314 e. The molecule has 0 saturated carbocycles. The summed E-state index contributed by atoms with van der Waals surface area (Å²) < 4.78 is 2.31. The first-order chi connectivity index (χ1) is 8.90. The maximum absolute atomic E-state index is 8.89. The number of rotatable bonds is 2. The van der Waals surface area contributed by atoms with Gasteiger partial charge < -0.3 is 4.57 Å². The first-order valence-corrected chi connectivity index (χ1v) is 6.93. The van der Waals surface area contributed by atoms with E-state index >= 15 is 0 Å². The molecule has 5 heteroatoms. The molecule has 1 atom stereocenters. The summed E-state index contributed by atoms with van der Waals surface area (Å²) in [6, 6.07) is 2.57. The van der Waals surface area contributed by atoms with Crippen molar-refractivity contribution in [2.75, 3.05) is 13.1 Å². The molecular formula is C13H19N5. The zero-order valence-electron chi connectivity index (χ0n) is 10.7. The Hall–Kier alpha value is -1.41. The number of aromatic nitrogens is 3. The van der Waals surface area contributed by atoms with Gasteiger partial charge in [0.15, 0.2) is 0 Å². The van der Waals surface area contributed by atoms with Crippen molar-refractivity contribution in [3.8, 4) is 6.07 Å². The Morgan fingerprint density at radius 1 is 1.17 bits per heavy atom. The fourth-order valence-electron chi connectivity index (χ4n) is 3.15. The fourth-order valence-corrected chi connectivity index (χ4v) is 3.15. The van der Waals surface area contributed by atoms with Crippen molar-refractivity contribution in [3.63, 3.8) is 0 Å². The summed E-state index contributed by atoms with van der Waals surface area (Å²) in [5, 5.41) is 17.7. The second-order valence-electron chi connectivity index (χ2n) is 5.22. The van der Waals surface area contributed by atoms with E-state index in [4.69, 9.17) is 5.26 Å². The van der Waals surface area contributed by atoms with E-state index in [9.17, 15) is 0 Å². The molecule has 3 rings (SSSR count). The second-order valence-corrected chi connectivity index (χ2v) is 5.22. The van der Waals surface area contributed by atoms with Crippen LogP contribution in [0, 0.1) is 11.3 Å². The zero-order valence-corrected chi connectivity index (χ0v) is 10.7. The van der Waals surface area contributed by atoms with Gasteiger partial charge in [0.25, 0.3) is 0 Å². The van der Waals surface area contributed by atoms with Gasteiger partial charge in [-0.15, -0.1) is 10.2 Å². The lowest BCUT2D eigenvalue weighted by Gasteiger charge is -2.21.